The number of aromatic nitrogens is 1. The van der Waals surface area contributed by atoms with Crippen LogP contribution < -0.4 is 5.32 Å². The van der Waals surface area contributed by atoms with Crippen LogP contribution in [0.25, 0.3) is 11.7 Å². The second-order valence-electron chi connectivity index (χ2n) is 6.57. The van der Waals surface area contributed by atoms with Crippen LogP contribution in [0.4, 0.5) is 0 Å². The highest BCUT2D eigenvalue weighted by molar-refractivity contribution is 5.78. The summed E-state index contributed by atoms with van der Waals surface area (Å²) in [5, 5.41) is 2.98. The van der Waals surface area contributed by atoms with Crippen LogP contribution in [0.3, 0.4) is 0 Å². The lowest BCUT2D eigenvalue weighted by molar-refractivity contribution is -0.120. The van der Waals surface area contributed by atoms with Crippen molar-refractivity contribution in [1.29, 1.82) is 0 Å². The first kappa shape index (κ1) is 16.8. The minimum absolute atomic E-state index is 0.0255. The van der Waals surface area contributed by atoms with Crippen molar-refractivity contribution in [3.05, 3.63) is 29.9 Å². The number of amides is 1. The van der Waals surface area contributed by atoms with E-state index in [4.69, 9.17) is 8.83 Å². The predicted molar refractivity (Wildman–Crippen MR) is 90.5 cm³/mol. The Balaban J connectivity index is 1.47. The molecule has 6 nitrogen and oxygen atoms in total. The smallest absolute Gasteiger partial charge is 0.263 e. The molecule has 0 aromatic carbocycles. The summed E-state index contributed by atoms with van der Waals surface area (Å²) in [7, 11) is 0. The van der Waals surface area contributed by atoms with Crippen LogP contribution in [0.2, 0.25) is 0 Å². The maximum Gasteiger partial charge on any atom is 0.263 e. The zero-order valence-electron chi connectivity index (χ0n) is 14.4. The van der Waals surface area contributed by atoms with E-state index in [1.807, 2.05) is 6.92 Å². The second-order valence-corrected chi connectivity index (χ2v) is 6.57. The number of nitrogens with zero attached hydrogens (tertiary/aromatic N) is 2. The first-order valence-electron chi connectivity index (χ1n) is 8.61. The van der Waals surface area contributed by atoms with Gasteiger partial charge >= 0.3 is 0 Å². The lowest BCUT2D eigenvalue weighted by atomic mass is 10.0. The van der Waals surface area contributed by atoms with Gasteiger partial charge in [-0.05, 0) is 44.4 Å². The van der Waals surface area contributed by atoms with Crippen molar-refractivity contribution in [1.82, 2.24) is 15.2 Å². The number of aryl methyl sites for hydroxylation is 1. The largest absolute Gasteiger partial charge is 0.459 e. The monoisotopic (exact) mass is 331 g/mol. The molecule has 0 spiro atoms. The van der Waals surface area contributed by atoms with Crippen LogP contribution in [0, 0.1) is 12.8 Å². The Bertz CT molecular complexity index is 663. The number of piperidine rings is 1. The molecular weight excluding hydrogens is 306 g/mol. The summed E-state index contributed by atoms with van der Waals surface area (Å²) in [5.74, 6) is 2.38. The summed E-state index contributed by atoms with van der Waals surface area (Å²) in [6.07, 6.45) is 4.37. The van der Waals surface area contributed by atoms with E-state index in [1.165, 1.54) is 12.8 Å². The summed E-state index contributed by atoms with van der Waals surface area (Å²) < 4.78 is 10.8. The zero-order chi connectivity index (χ0) is 16.9. The van der Waals surface area contributed by atoms with E-state index >= 15 is 0 Å². The Morgan fingerprint density at radius 3 is 3.12 bits per heavy atom. The fourth-order valence-corrected chi connectivity index (χ4v) is 3.16. The number of carbonyl (C=O) groups excluding carboxylic acids is 1. The van der Waals surface area contributed by atoms with Crippen LogP contribution in [-0.4, -0.2) is 42.0 Å². The molecule has 1 unspecified atom stereocenters. The van der Waals surface area contributed by atoms with Crippen LogP contribution >= 0.6 is 0 Å². The third-order valence-corrected chi connectivity index (χ3v) is 4.44. The topological polar surface area (TPSA) is 71.5 Å². The molecule has 1 fully saturated rings. The normalized spacial score (nSPS) is 18.7. The van der Waals surface area contributed by atoms with Gasteiger partial charge in [-0.15, -0.1) is 0 Å². The van der Waals surface area contributed by atoms with Crippen LogP contribution in [0.15, 0.2) is 27.2 Å². The van der Waals surface area contributed by atoms with Gasteiger partial charge in [0.1, 0.15) is 5.76 Å². The number of furan rings is 1. The second kappa shape index (κ2) is 7.66. The van der Waals surface area contributed by atoms with Crippen LogP contribution in [0.5, 0.6) is 0 Å². The van der Waals surface area contributed by atoms with Gasteiger partial charge in [0.2, 0.25) is 5.91 Å². The maximum atomic E-state index is 12.1. The molecule has 130 valence electrons. The SMILES string of the molecule is Cc1oc(-c2ccco2)nc1CC(=O)NCCN1CCCC(C)C1. The van der Waals surface area contributed by atoms with Crippen LogP contribution in [-0.2, 0) is 11.2 Å². The van der Waals surface area contributed by atoms with Crippen molar-refractivity contribution in [2.24, 2.45) is 5.92 Å². The average molecular weight is 331 g/mol. The molecular formula is C18H25N3O3. The van der Waals surface area contributed by atoms with Gasteiger partial charge in [-0.3, -0.25) is 4.79 Å². The Morgan fingerprint density at radius 2 is 2.38 bits per heavy atom. The van der Waals surface area contributed by atoms with Gasteiger partial charge < -0.3 is 19.1 Å². The van der Waals surface area contributed by atoms with E-state index in [0.717, 1.165) is 25.6 Å². The molecule has 2 aromatic rings. The molecule has 1 aliphatic heterocycles. The molecule has 1 atom stereocenters. The molecule has 1 amide bonds. The van der Waals surface area contributed by atoms with Gasteiger partial charge in [-0.2, -0.15) is 0 Å². The average Bonchev–Trinajstić information content (AvgIpc) is 3.18. The molecule has 24 heavy (non-hydrogen) atoms. The molecule has 6 heteroatoms. The highest BCUT2D eigenvalue weighted by Crippen LogP contribution is 2.22. The van der Waals surface area contributed by atoms with Crippen molar-refractivity contribution in [3.8, 4) is 11.7 Å². The third kappa shape index (κ3) is 4.26. The van der Waals surface area contributed by atoms with Crippen molar-refractivity contribution < 1.29 is 13.6 Å². The molecule has 3 rings (SSSR count). The van der Waals surface area contributed by atoms with E-state index < -0.39 is 0 Å². The predicted octanol–water partition coefficient (Wildman–Crippen LogP) is 2.63. The summed E-state index contributed by atoms with van der Waals surface area (Å²) in [4.78, 5) is 18.9. The van der Waals surface area contributed by atoms with Gasteiger partial charge in [0.25, 0.3) is 5.89 Å². The van der Waals surface area contributed by atoms with Gasteiger partial charge in [0.15, 0.2) is 5.76 Å². The zero-order valence-corrected chi connectivity index (χ0v) is 14.4. The standard InChI is InChI=1S/C18H25N3O3/c1-13-5-3-8-21(12-13)9-7-19-17(22)11-15-14(2)24-18(20-15)16-6-4-10-23-16/h4,6,10,13H,3,5,7-9,11-12H2,1-2H3,(H,19,22). The molecule has 1 aliphatic rings. The minimum Gasteiger partial charge on any atom is -0.459 e. The van der Waals surface area contributed by atoms with E-state index in [0.29, 0.717) is 29.6 Å². The van der Waals surface area contributed by atoms with Crippen molar-refractivity contribution in [3.63, 3.8) is 0 Å². The number of carbonyl (C=O) groups is 1. The number of hydrogen-bond donors (Lipinski definition) is 1. The minimum atomic E-state index is -0.0255. The number of oxazole rings is 1. The van der Waals surface area contributed by atoms with Gasteiger partial charge in [-0.25, -0.2) is 4.98 Å². The molecule has 0 bridgehead atoms. The van der Waals surface area contributed by atoms with E-state index in [1.54, 1.807) is 18.4 Å². The van der Waals surface area contributed by atoms with E-state index in [9.17, 15) is 4.79 Å². The fourth-order valence-electron chi connectivity index (χ4n) is 3.16. The number of rotatable bonds is 6. The Hall–Kier alpha value is -2.08. The van der Waals surface area contributed by atoms with Crippen LogP contribution in [0.1, 0.15) is 31.2 Å². The van der Waals surface area contributed by atoms with Crippen molar-refractivity contribution in [2.75, 3.05) is 26.2 Å². The number of likely N-dealkylation sites (tertiary alicyclic amines) is 1. The highest BCUT2D eigenvalue weighted by Gasteiger charge is 2.18. The van der Waals surface area contributed by atoms with Gasteiger partial charge in [-0.1, -0.05) is 6.92 Å². The van der Waals surface area contributed by atoms with E-state index in [-0.39, 0.29) is 12.3 Å². The van der Waals surface area contributed by atoms with Crippen molar-refractivity contribution in [2.45, 2.75) is 33.1 Å². The molecule has 2 aromatic heterocycles. The molecule has 0 radical (unpaired) electrons. The van der Waals surface area contributed by atoms with Gasteiger partial charge in [0.05, 0.1) is 18.4 Å². The number of nitrogens with one attached hydrogen (secondary N) is 1. The Labute approximate surface area is 142 Å². The summed E-state index contributed by atoms with van der Waals surface area (Å²) in [6.45, 7) is 7.95. The molecule has 1 saturated heterocycles. The lowest BCUT2D eigenvalue weighted by Crippen LogP contribution is -2.40. The summed E-state index contributed by atoms with van der Waals surface area (Å²) >= 11 is 0. The molecule has 3 heterocycles. The first-order valence-corrected chi connectivity index (χ1v) is 8.61. The highest BCUT2D eigenvalue weighted by atomic mass is 16.4. The lowest BCUT2D eigenvalue weighted by Gasteiger charge is -2.30. The Morgan fingerprint density at radius 1 is 1.50 bits per heavy atom. The van der Waals surface area contributed by atoms with Gasteiger partial charge in [0, 0.05) is 19.6 Å². The maximum absolute atomic E-state index is 12.1. The number of hydrogen-bond acceptors (Lipinski definition) is 5. The molecule has 0 saturated carbocycles. The molecule has 0 aliphatic carbocycles. The van der Waals surface area contributed by atoms with Crippen molar-refractivity contribution >= 4 is 5.91 Å². The first-order chi connectivity index (χ1) is 11.6. The summed E-state index contributed by atoms with van der Waals surface area (Å²) in [5.41, 5.74) is 0.658. The molecule has 1 N–H and O–H groups in total. The summed E-state index contributed by atoms with van der Waals surface area (Å²) in [6, 6.07) is 3.57. The third-order valence-electron chi connectivity index (χ3n) is 4.44. The fraction of sp³-hybridized carbons (Fsp3) is 0.556. The van der Waals surface area contributed by atoms with E-state index in [2.05, 4.69) is 22.1 Å². The Kier molecular flexibility index (Phi) is 5.35. The quantitative estimate of drug-likeness (QED) is 0.881.